The van der Waals surface area contributed by atoms with Crippen LogP contribution in [0.3, 0.4) is 0 Å². The largest absolute Gasteiger partial charge is 0.508 e. The van der Waals surface area contributed by atoms with Gasteiger partial charge in [-0.25, -0.2) is 0 Å². The summed E-state index contributed by atoms with van der Waals surface area (Å²) in [6.45, 7) is 0. The van der Waals surface area contributed by atoms with Crippen LogP contribution in [0.2, 0.25) is 0 Å². The van der Waals surface area contributed by atoms with E-state index < -0.39 is 5.92 Å². The number of carbonyl (C=O) groups is 1. The molecule has 1 aliphatic rings. The molecule has 0 atom stereocenters. The van der Waals surface area contributed by atoms with Crippen LogP contribution in [-0.2, 0) is 4.79 Å². The van der Waals surface area contributed by atoms with E-state index in [9.17, 15) is 9.90 Å². The van der Waals surface area contributed by atoms with Crippen molar-refractivity contribution in [1.82, 2.24) is 0 Å². The highest BCUT2D eigenvalue weighted by atomic mass is 16.5. The van der Waals surface area contributed by atoms with E-state index in [1.807, 2.05) is 67.7 Å². The second-order valence-corrected chi connectivity index (χ2v) is 7.19. The molecule has 4 nitrogen and oxygen atoms in total. The third-order valence-electron chi connectivity index (χ3n) is 5.49. The zero-order valence-electron chi connectivity index (χ0n) is 15.9. The lowest BCUT2D eigenvalue weighted by Crippen LogP contribution is -2.28. The van der Waals surface area contributed by atoms with Crippen molar-refractivity contribution in [2.24, 2.45) is 0 Å². The molecule has 1 heterocycles. The van der Waals surface area contributed by atoms with E-state index in [0.717, 1.165) is 33.3 Å². The summed E-state index contributed by atoms with van der Waals surface area (Å²) in [7, 11) is 2.01. The van der Waals surface area contributed by atoms with E-state index in [4.69, 9.17) is 4.74 Å². The number of para-hydroxylation sites is 2. The Kier molecular flexibility index (Phi) is 3.98. The number of carbonyl (C=O) groups excluding carboxylic acids is 1. The first kappa shape index (κ1) is 17.3. The van der Waals surface area contributed by atoms with Crippen molar-refractivity contribution >= 4 is 28.1 Å². The van der Waals surface area contributed by atoms with Crippen LogP contribution >= 0.6 is 0 Å². The second kappa shape index (κ2) is 6.67. The average molecular weight is 381 g/mol. The zero-order valence-corrected chi connectivity index (χ0v) is 15.9. The Balaban J connectivity index is 1.60. The molecule has 0 unspecified atom stereocenters. The Hall–Kier alpha value is -3.79. The average Bonchev–Trinajstić information content (AvgIpc) is 2.74. The maximum Gasteiger partial charge on any atom is 0.323 e. The van der Waals surface area contributed by atoms with Gasteiger partial charge in [0.1, 0.15) is 17.4 Å². The Morgan fingerprint density at radius 1 is 0.862 bits per heavy atom. The lowest BCUT2D eigenvalue weighted by atomic mass is 9.85. The van der Waals surface area contributed by atoms with Gasteiger partial charge in [0.05, 0.1) is 0 Å². The van der Waals surface area contributed by atoms with Crippen LogP contribution in [0.15, 0.2) is 84.9 Å². The number of phenols is 1. The first-order chi connectivity index (χ1) is 14.1. The summed E-state index contributed by atoms with van der Waals surface area (Å²) in [6, 6.07) is 26.4. The molecule has 0 aliphatic carbocycles. The number of rotatable bonds is 2. The number of aromatic hydroxyl groups is 1. The van der Waals surface area contributed by atoms with Gasteiger partial charge in [-0.15, -0.1) is 0 Å². The Morgan fingerprint density at radius 3 is 2.21 bits per heavy atom. The van der Waals surface area contributed by atoms with Crippen molar-refractivity contribution in [3.8, 4) is 11.5 Å². The van der Waals surface area contributed by atoms with Crippen molar-refractivity contribution in [3.63, 3.8) is 0 Å². The maximum absolute atomic E-state index is 13.4. The van der Waals surface area contributed by atoms with Crippen LogP contribution in [-0.4, -0.2) is 18.1 Å². The second-order valence-electron chi connectivity index (χ2n) is 7.19. The van der Waals surface area contributed by atoms with Crippen molar-refractivity contribution in [2.75, 3.05) is 11.9 Å². The summed E-state index contributed by atoms with van der Waals surface area (Å²) < 4.78 is 5.92. The quantitative estimate of drug-likeness (QED) is 0.375. The van der Waals surface area contributed by atoms with Gasteiger partial charge in [-0.1, -0.05) is 48.5 Å². The topological polar surface area (TPSA) is 49.8 Å². The number of esters is 1. The van der Waals surface area contributed by atoms with E-state index >= 15 is 0 Å². The Morgan fingerprint density at radius 2 is 1.52 bits per heavy atom. The zero-order chi connectivity index (χ0) is 20.0. The summed E-state index contributed by atoms with van der Waals surface area (Å²) in [5.41, 5.74) is 3.85. The first-order valence-electron chi connectivity index (χ1n) is 9.48. The van der Waals surface area contributed by atoms with Crippen molar-refractivity contribution < 1.29 is 14.6 Å². The maximum atomic E-state index is 13.4. The fourth-order valence-electron chi connectivity index (χ4n) is 4.12. The molecule has 0 saturated carbocycles. The predicted molar refractivity (Wildman–Crippen MR) is 114 cm³/mol. The number of fused-ring (bicyclic) bond motifs is 3. The van der Waals surface area contributed by atoms with Gasteiger partial charge >= 0.3 is 5.97 Å². The van der Waals surface area contributed by atoms with E-state index in [0.29, 0.717) is 5.75 Å². The molecule has 0 bridgehead atoms. The number of ether oxygens (including phenoxy) is 1. The minimum atomic E-state index is -0.508. The summed E-state index contributed by atoms with van der Waals surface area (Å²) in [5, 5.41) is 11.3. The normalized spacial score (nSPS) is 13.1. The monoisotopic (exact) mass is 381 g/mol. The first-order valence-corrected chi connectivity index (χ1v) is 9.48. The smallest absolute Gasteiger partial charge is 0.323 e. The third-order valence-corrected chi connectivity index (χ3v) is 5.49. The van der Waals surface area contributed by atoms with Crippen molar-refractivity contribution in [3.05, 3.63) is 96.1 Å². The van der Waals surface area contributed by atoms with Crippen LogP contribution in [0.4, 0.5) is 11.4 Å². The van der Waals surface area contributed by atoms with Gasteiger partial charge in [-0.05, 0) is 52.9 Å². The molecule has 0 amide bonds. The van der Waals surface area contributed by atoms with E-state index in [1.165, 1.54) is 0 Å². The van der Waals surface area contributed by atoms with Gasteiger partial charge in [0.2, 0.25) is 0 Å². The van der Waals surface area contributed by atoms with Gasteiger partial charge in [0.25, 0.3) is 0 Å². The fraction of sp³-hybridized carbons (Fsp3) is 0.0800. The lowest BCUT2D eigenvalue weighted by molar-refractivity contribution is -0.135. The van der Waals surface area contributed by atoms with Crippen LogP contribution in [0.5, 0.6) is 11.5 Å². The molecule has 1 aliphatic heterocycles. The molecule has 1 N–H and O–H groups in total. The summed E-state index contributed by atoms with van der Waals surface area (Å²) in [4.78, 5) is 15.5. The number of phenolic OH excluding ortho intramolecular Hbond substituents is 1. The van der Waals surface area contributed by atoms with Gasteiger partial charge in [-0.2, -0.15) is 0 Å². The van der Waals surface area contributed by atoms with Crippen LogP contribution in [0, 0.1) is 0 Å². The molecule has 0 saturated heterocycles. The Labute approximate surface area is 168 Å². The Bertz CT molecular complexity index is 1200. The molecular weight excluding hydrogens is 362 g/mol. The van der Waals surface area contributed by atoms with Gasteiger partial charge in [-0.3, -0.25) is 4.79 Å². The minimum Gasteiger partial charge on any atom is -0.508 e. The van der Waals surface area contributed by atoms with Crippen molar-refractivity contribution in [1.29, 1.82) is 0 Å². The highest BCUT2D eigenvalue weighted by Crippen LogP contribution is 2.45. The summed E-state index contributed by atoms with van der Waals surface area (Å²) in [5.74, 6) is -0.162. The minimum absolute atomic E-state index is 0.180. The molecule has 0 spiro atoms. The number of anilines is 2. The van der Waals surface area contributed by atoms with E-state index in [-0.39, 0.29) is 11.7 Å². The summed E-state index contributed by atoms with van der Waals surface area (Å²) >= 11 is 0. The molecule has 0 fully saturated rings. The van der Waals surface area contributed by atoms with Gasteiger partial charge < -0.3 is 14.7 Å². The number of hydrogen-bond donors (Lipinski definition) is 1. The standard InChI is InChI=1S/C25H19NO3/c1-26-21-10-4-2-8-19(21)24(20-9-3-5-11-22(20)26)25(28)29-23-12-6-7-16-15-17(27)13-14-18(16)23/h2-15,24,27H,1H3. The molecule has 29 heavy (non-hydrogen) atoms. The predicted octanol–water partition coefficient (Wildman–Crippen LogP) is 5.36. The van der Waals surface area contributed by atoms with Crippen LogP contribution in [0.25, 0.3) is 10.8 Å². The highest BCUT2D eigenvalue weighted by molar-refractivity contribution is 5.95. The van der Waals surface area contributed by atoms with Crippen LogP contribution in [0.1, 0.15) is 17.0 Å². The van der Waals surface area contributed by atoms with E-state index in [2.05, 4.69) is 4.90 Å². The van der Waals surface area contributed by atoms with Gasteiger partial charge in [0, 0.05) is 23.8 Å². The molecule has 4 aromatic rings. The molecule has 4 aromatic carbocycles. The molecule has 0 aromatic heterocycles. The summed E-state index contributed by atoms with van der Waals surface area (Å²) in [6.07, 6.45) is 0. The van der Waals surface area contributed by atoms with E-state index in [1.54, 1.807) is 24.3 Å². The highest BCUT2D eigenvalue weighted by Gasteiger charge is 2.34. The molecule has 142 valence electrons. The SMILES string of the molecule is CN1c2ccccc2C(C(=O)Oc2cccc3cc(O)ccc23)c2ccccc21. The number of benzene rings is 4. The molecule has 0 radical (unpaired) electrons. The fourth-order valence-corrected chi connectivity index (χ4v) is 4.12. The molecule has 5 rings (SSSR count). The number of nitrogens with zero attached hydrogens (tertiary/aromatic N) is 1. The lowest BCUT2D eigenvalue weighted by Gasteiger charge is -2.34. The van der Waals surface area contributed by atoms with Gasteiger partial charge in [0.15, 0.2) is 0 Å². The molecular formula is C25H19NO3. The van der Waals surface area contributed by atoms with Crippen molar-refractivity contribution in [2.45, 2.75) is 5.92 Å². The third kappa shape index (κ3) is 2.81. The van der Waals surface area contributed by atoms with Crippen LogP contribution < -0.4 is 9.64 Å². The number of hydrogen-bond acceptors (Lipinski definition) is 4. The molecule has 4 heteroatoms.